The van der Waals surface area contributed by atoms with Crippen molar-refractivity contribution in [3.05, 3.63) is 270 Å². The van der Waals surface area contributed by atoms with Gasteiger partial charge >= 0.3 is 0 Å². The average Bonchev–Trinajstić information content (AvgIpc) is 3.92. The molecule has 0 unspecified atom stereocenters. The van der Waals surface area contributed by atoms with Gasteiger partial charge in [0.2, 0.25) is 0 Å². The lowest BCUT2D eigenvalue weighted by Gasteiger charge is -2.31. The van der Waals surface area contributed by atoms with Gasteiger partial charge in [-0.15, -0.1) is 0 Å². The maximum Gasteiger partial charge on any atom is 0.0725 e. The van der Waals surface area contributed by atoms with E-state index in [0.717, 1.165) is 17.1 Å². The first-order chi connectivity index (χ1) is 32.0. The minimum Gasteiger partial charge on any atom is -0.310 e. The Morgan fingerprint density at radius 2 is 0.600 bits per heavy atom. The molecular weight excluding hydrogens is 783 g/mol. The summed E-state index contributed by atoms with van der Waals surface area (Å²) in [6.07, 6.45) is 0. The predicted molar refractivity (Wildman–Crippen MR) is 271 cm³/mol. The summed E-state index contributed by atoms with van der Waals surface area (Å²) in [6.45, 7) is 4.79. The third kappa shape index (κ3) is 5.52. The minimum atomic E-state index is -0.383. The van der Waals surface area contributed by atoms with Gasteiger partial charge in [0.15, 0.2) is 0 Å². The number of hydrogen-bond donors (Lipinski definition) is 0. The Hall–Kier alpha value is -8.00. The van der Waals surface area contributed by atoms with Gasteiger partial charge in [0, 0.05) is 22.5 Å². The van der Waals surface area contributed by atoms with Crippen molar-refractivity contribution in [1.82, 2.24) is 0 Å². The molecule has 0 aromatic heterocycles. The van der Waals surface area contributed by atoms with E-state index >= 15 is 0 Å². The van der Waals surface area contributed by atoms with E-state index in [2.05, 4.69) is 255 Å². The van der Waals surface area contributed by atoms with Gasteiger partial charge < -0.3 is 4.90 Å². The molecule has 10 aromatic rings. The van der Waals surface area contributed by atoms with Crippen LogP contribution in [0.5, 0.6) is 0 Å². The van der Waals surface area contributed by atoms with Gasteiger partial charge in [0.05, 0.1) is 5.41 Å². The summed E-state index contributed by atoms with van der Waals surface area (Å²) in [5.74, 6) is 0. The average molecular weight is 828 g/mol. The normalized spacial score (nSPS) is 13.9. The first kappa shape index (κ1) is 37.5. The van der Waals surface area contributed by atoms with Gasteiger partial charge in [-0.3, -0.25) is 0 Å². The van der Waals surface area contributed by atoms with Crippen molar-refractivity contribution in [2.24, 2.45) is 0 Å². The molecule has 0 saturated heterocycles. The third-order valence-corrected chi connectivity index (χ3v) is 14.7. The Bertz CT molecular complexity index is 3440. The van der Waals surface area contributed by atoms with E-state index < -0.39 is 0 Å². The fraction of sp³-hybridized carbons (Fsp3) is 0.0625. The van der Waals surface area contributed by atoms with Crippen molar-refractivity contribution in [2.75, 3.05) is 4.90 Å². The third-order valence-electron chi connectivity index (χ3n) is 14.7. The standard InChI is InChI=1S/C64H45N/c1-63(2)61-39-47(46-27-25-44(26-28-46)42-15-5-3-6-16-42)31-36-54(61)55-37-34-50(41-62(55)63)65(48-32-29-45(30-33-48)43-17-7-4-8-18-43)49-35-38-60-56(40-49)53-21-11-14-24-59(53)64(60)57-22-12-9-19-51(57)52-20-10-13-23-58(52)64/h3-41H,1-2H3. The molecule has 0 bridgehead atoms. The lowest BCUT2D eigenvalue weighted by Crippen LogP contribution is -2.25. The summed E-state index contributed by atoms with van der Waals surface area (Å²) >= 11 is 0. The van der Waals surface area contributed by atoms with E-state index in [1.54, 1.807) is 0 Å². The molecule has 10 aromatic carbocycles. The fourth-order valence-electron chi connectivity index (χ4n) is 11.6. The molecular formula is C64H45N. The molecule has 1 nitrogen and oxygen atoms in total. The number of fused-ring (bicyclic) bond motifs is 13. The molecule has 0 heterocycles. The van der Waals surface area contributed by atoms with E-state index in [1.165, 1.54) is 100 Å². The van der Waals surface area contributed by atoms with Crippen LogP contribution in [-0.2, 0) is 10.8 Å². The number of hydrogen-bond acceptors (Lipinski definition) is 1. The summed E-state index contributed by atoms with van der Waals surface area (Å²) in [5, 5.41) is 0. The van der Waals surface area contributed by atoms with E-state index in [4.69, 9.17) is 0 Å². The lowest BCUT2D eigenvalue weighted by molar-refractivity contribution is 0.660. The van der Waals surface area contributed by atoms with Gasteiger partial charge in [0.1, 0.15) is 0 Å². The molecule has 0 fully saturated rings. The zero-order valence-electron chi connectivity index (χ0n) is 36.5. The van der Waals surface area contributed by atoms with E-state index in [9.17, 15) is 0 Å². The largest absolute Gasteiger partial charge is 0.310 e. The number of nitrogens with zero attached hydrogens (tertiary/aromatic N) is 1. The Labute approximate surface area is 381 Å². The van der Waals surface area contributed by atoms with Crippen LogP contribution in [0.2, 0.25) is 0 Å². The summed E-state index contributed by atoms with van der Waals surface area (Å²) in [6, 6.07) is 88.1. The van der Waals surface area contributed by atoms with Crippen LogP contribution in [0.15, 0.2) is 237 Å². The molecule has 13 rings (SSSR count). The molecule has 0 atom stereocenters. The topological polar surface area (TPSA) is 3.24 Å². The Morgan fingerprint density at radius 3 is 1.17 bits per heavy atom. The maximum atomic E-state index is 2.47. The number of rotatable bonds is 6. The maximum absolute atomic E-state index is 2.47. The highest BCUT2D eigenvalue weighted by atomic mass is 15.1. The van der Waals surface area contributed by atoms with Gasteiger partial charge in [-0.2, -0.15) is 0 Å². The zero-order chi connectivity index (χ0) is 43.3. The van der Waals surface area contributed by atoms with Crippen LogP contribution in [0.25, 0.3) is 66.8 Å². The molecule has 306 valence electrons. The highest BCUT2D eigenvalue weighted by Crippen LogP contribution is 2.63. The Balaban J connectivity index is 0.944. The first-order valence-electron chi connectivity index (χ1n) is 22.8. The lowest BCUT2D eigenvalue weighted by atomic mass is 9.70. The zero-order valence-corrected chi connectivity index (χ0v) is 36.5. The van der Waals surface area contributed by atoms with Gasteiger partial charge in [-0.25, -0.2) is 0 Å². The van der Waals surface area contributed by atoms with Gasteiger partial charge in [0.25, 0.3) is 0 Å². The molecule has 0 radical (unpaired) electrons. The van der Waals surface area contributed by atoms with E-state index in [0.29, 0.717) is 0 Å². The van der Waals surface area contributed by atoms with Crippen LogP contribution in [0.3, 0.4) is 0 Å². The van der Waals surface area contributed by atoms with E-state index in [1.807, 2.05) is 0 Å². The van der Waals surface area contributed by atoms with Crippen molar-refractivity contribution < 1.29 is 0 Å². The molecule has 1 heteroatoms. The highest BCUT2D eigenvalue weighted by molar-refractivity contribution is 5.97. The summed E-state index contributed by atoms with van der Waals surface area (Å²) < 4.78 is 0. The van der Waals surface area contributed by atoms with Crippen molar-refractivity contribution in [2.45, 2.75) is 24.7 Å². The molecule has 3 aliphatic carbocycles. The van der Waals surface area contributed by atoms with Crippen molar-refractivity contribution >= 4 is 17.1 Å². The van der Waals surface area contributed by atoms with Gasteiger partial charge in [-0.1, -0.05) is 208 Å². The molecule has 65 heavy (non-hydrogen) atoms. The van der Waals surface area contributed by atoms with Crippen molar-refractivity contribution in [3.63, 3.8) is 0 Å². The molecule has 0 amide bonds. The summed E-state index contributed by atoms with van der Waals surface area (Å²) in [7, 11) is 0. The predicted octanol–water partition coefficient (Wildman–Crippen LogP) is 16.8. The van der Waals surface area contributed by atoms with Crippen molar-refractivity contribution in [3.8, 4) is 66.8 Å². The van der Waals surface area contributed by atoms with Crippen LogP contribution in [0.1, 0.15) is 47.2 Å². The Morgan fingerprint density at radius 1 is 0.246 bits per heavy atom. The van der Waals surface area contributed by atoms with Crippen LogP contribution in [0.4, 0.5) is 17.1 Å². The van der Waals surface area contributed by atoms with Gasteiger partial charge in [-0.05, 0) is 143 Å². The number of benzene rings is 10. The smallest absolute Gasteiger partial charge is 0.0725 e. The summed E-state index contributed by atoms with van der Waals surface area (Å²) in [4.78, 5) is 2.47. The summed E-state index contributed by atoms with van der Waals surface area (Å²) in [5.41, 5.74) is 26.2. The van der Waals surface area contributed by atoms with Crippen molar-refractivity contribution in [1.29, 1.82) is 0 Å². The Kier molecular flexibility index (Phi) is 8.24. The molecule has 0 N–H and O–H groups in total. The van der Waals surface area contributed by atoms with Crippen LogP contribution < -0.4 is 4.90 Å². The highest BCUT2D eigenvalue weighted by Gasteiger charge is 2.51. The second-order valence-electron chi connectivity index (χ2n) is 18.4. The number of anilines is 3. The second kappa shape index (κ2) is 14.3. The van der Waals surface area contributed by atoms with Crippen LogP contribution in [0, 0.1) is 0 Å². The first-order valence-corrected chi connectivity index (χ1v) is 22.8. The molecule has 1 spiro atoms. The monoisotopic (exact) mass is 827 g/mol. The van der Waals surface area contributed by atoms with Crippen LogP contribution in [-0.4, -0.2) is 0 Å². The molecule has 0 saturated carbocycles. The van der Waals surface area contributed by atoms with Crippen LogP contribution >= 0.6 is 0 Å². The minimum absolute atomic E-state index is 0.212. The fourth-order valence-corrected chi connectivity index (χ4v) is 11.6. The quantitative estimate of drug-likeness (QED) is 0.161. The molecule has 3 aliphatic rings. The molecule has 0 aliphatic heterocycles. The van der Waals surface area contributed by atoms with E-state index in [-0.39, 0.29) is 10.8 Å². The second-order valence-corrected chi connectivity index (χ2v) is 18.4. The SMILES string of the molecule is CC1(C)c2cc(-c3ccc(-c4ccccc4)cc3)ccc2-c2ccc(N(c3ccc(-c4ccccc4)cc3)c3ccc4c(c3)-c3ccccc3C43c4ccccc4-c4ccccc43)cc21.